The molecule has 3 rings (SSSR count). The Morgan fingerprint density at radius 3 is 2.90 bits per heavy atom. The third kappa shape index (κ3) is 3.35. The number of urea groups is 1. The summed E-state index contributed by atoms with van der Waals surface area (Å²) in [5.41, 5.74) is 1.10. The van der Waals surface area contributed by atoms with Crippen molar-refractivity contribution in [2.45, 2.75) is 31.8 Å². The van der Waals surface area contributed by atoms with Crippen LogP contribution in [0.25, 0.3) is 0 Å². The van der Waals surface area contributed by atoms with Crippen molar-refractivity contribution in [2.24, 2.45) is 5.92 Å². The molecule has 112 valence electrons. The molecule has 5 nitrogen and oxygen atoms in total. The Balaban J connectivity index is 1.51. The van der Waals surface area contributed by atoms with Gasteiger partial charge >= 0.3 is 6.03 Å². The highest BCUT2D eigenvalue weighted by Gasteiger charge is 2.35. The molecule has 2 unspecified atom stereocenters. The van der Waals surface area contributed by atoms with Gasteiger partial charge in [-0.3, -0.25) is 4.79 Å². The summed E-state index contributed by atoms with van der Waals surface area (Å²) in [7, 11) is 0. The van der Waals surface area contributed by atoms with Crippen molar-refractivity contribution in [1.82, 2.24) is 15.5 Å². The maximum Gasteiger partial charge on any atom is 0.317 e. The first-order valence-corrected chi connectivity index (χ1v) is 7.58. The predicted molar refractivity (Wildman–Crippen MR) is 79.5 cm³/mol. The minimum Gasteiger partial charge on any atom is -0.353 e. The Kier molecular flexibility index (Phi) is 4.08. The lowest BCUT2D eigenvalue weighted by Crippen LogP contribution is -2.56. The average Bonchev–Trinajstić information content (AvgIpc) is 2.53. The summed E-state index contributed by atoms with van der Waals surface area (Å²) >= 11 is 0. The van der Waals surface area contributed by atoms with Crippen molar-refractivity contribution < 1.29 is 9.59 Å². The summed E-state index contributed by atoms with van der Waals surface area (Å²) in [6.07, 6.45) is 2.33. The van der Waals surface area contributed by atoms with Crippen LogP contribution in [-0.2, 0) is 11.3 Å². The number of rotatable bonds is 2. The Bertz CT molecular complexity index is 518. The fraction of sp³-hybridized carbons (Fsp3) is 0.500. The molecule has 2 atom stereocenters. The standard InChI is InChI=1S/C16H21N3O2/c20-15-7-6-13-11-19(9-8-14(13)18-15)16(21)17-10-12-4-2-1-3-5-12/h1-5,13-14H,6-11H2,(H,17,21)(H,18,20). The molecule has 2 saturated heterocycles. The van der Waals surface area contributed by atoms with Crippen molar-refractivity contribution in [2.75, 3.05) is 13.1 Å². The van der Waals surface area contributed by atoms with E-state index in [0.29, 0.717) is 25.4 Å². The van der Waals surface area contributed by atoms with Gasteiger partial charge in [-0.25, -0.2) is 4.79 Å². The summed E-state index contributed by atoms with van der Waals surface area (Å²) < 4.78 is 0. The quantitative estimate of drug-likeness (QED) is 0.866. The van der Waals surface area contributed by atoms with Crippen LogP contribution in [0, 0.1) is 5.92 Å². The van der Waals surface area contributed by atoms with E-state index in [-0.39, 0.29) is 18.0 Å². The second kappa shape index (κ2) is 6.16. The number of amides is 3. The SMILES string of the molecule is O=C1CCC2CN(C(=O)NCc3ccccc3)CCC2N1. The van der Waals surface area contributed by atoms with Crippen LogP contribution in [0.2, 0.25) is 0 Å². The molecule has 1 aromatic rings. The summed E-state index contributed by atoms with van der Waals surface area (Å²) in [6.45, 7) is 2.01. The lowest BCUT2D eigenvalue weighted by molar-refractivity contribution is -0.125. The van der Waals surface area contributed by atoms with Gasteiger partial charge in [0.1, 0.15) is 0 Å². The van der Waals surface area contributed by atoms with Crippen LogP contribution < -0.4 is 10.6 Å². The maximum atomic E-state index is 12.2. The molecule has 21 heavy (non-hydrogen) atoms. The van der Waals surface area contributed by atoms with Gasteiger partial charge in [-0.2, -0.15) is 0 Å². The molecule has 0 aromatic heterocycles. The van der Waals surface area contributed by atoms with Gasteiger partial charge in [0.15, 0.2) is 0 Å². The number of hydrogen-bond donors (Lipinski definition) is 2. The van der Waals surface area contributed by atoms with Gasteiger partial charge in [0.25, 0.3) is 0 Å². The van der Waals surface area contributed by atoms with E-state index in [4.69, 9.17) is 0 Å². The maximum absolute atomic E-state index is 12.2. The Labute approximate surface area is 124 Å². The molecule has 2 fully saturated rings. The van der Waals surface area contributed by atoms with E-state index in [1.807, 2.05) is 35.2 Å². The zero-order valence-electron chi connectivity index (χ0n) is 12.0. The number of fused-ring (bicyclic) bond motifs is 1. The molecular formula is C16H21N3O2. The smallest absolute Gasteiger partial charge is 0.317 e. The monoisotopic (exact) mass is 287 g/mol. The van der Waals surface area contributed by atoms with Crippen LogP contribution in [-0.4, -0.2) is 36.0 Å². The van der Waals surface area contributed by atoms with E-state index >= 15 is 0 Å². The summed E-state index contributed by atoms with van der Waals surface area (Å²) in [5.74, 6) is 0.553. The van der Waals surface area contributed by atoms with Crippen molar-refractivity contribution in [3.63, 3.8) is 0 Å². The predicted octanol–water partition coefficient (Wildman–Crippen LogP) is 1.50. The number of nitrogens with zero attached hydrogens (tertiary/aromatic N) is 1. The second-order valence-corrected chi connectivity index (χ2v) is 5.85. The van der Waals surface area contributed by atoms with E-state index in [2.05, 4.69) is 10.6 Å². The number of likely N-dealkylation sites (tertiary alicyclic amines) is 1. The average molecular weight is 287 g/mol. The lowest BCUT2D eigenvalue weighted by Gasteiger charge is -2.41. The highest BCUT2D eigenvalue weighted by Crippen LogP contribution is 2.25. The van der Waals surface area contributed by atoms with Gasteiger partial charge in [-0.15, -0.1) is 0 Å². The van der Waals surface area contributed by atoms with Crippen LogP contribution in [0.1, 0.15) is 24.8 Å². The zero-order valence-corrected chi connectivity index (χ0v) is 12.0. The molecule has 2 aliphatic rings. The van der Waals surface area contributed by atoms with E-state index in [1.165, 1.54) is 0 Å². The van der Waals surface area contributed by atoms with Crippen molar-refractivity contribution in [3.8, 4) is 0 Å². The normalized spacial score (nSPS) is 25.0. The summed E-state index contributed by atoms with van der Waals surface area (Å²) in [5, 5.41) is 6.01. The minimum atomic E-state index is -0.00537. The molecule has 1 aromatic carbocycles. The van der Waals surface area contributed by atoms with Crippen molar-refractivity contribution in [3.05, 3.63) is 35.9 Å². The molecule has 3 amide bonds. The van der Waals surface area contributed by atoms with Gasteiger partial charge in [0.2, 0.25) is 5.91 Å². The highest BCUT2D eigenvalue weighted by atomic mass is 16.2. The molecule has 2 N–H and O–H groups in total. The molecule has 0 aliphatic carbocycles. The number of benzene rings is 1. The first kappa shape index (κ1) is 13.9. The molecular weight excluding hydrogens is 266 g/mol. The minimum absolute atomic E-state index is 0.00537. The summed E-state index contributed by atoms with van der Waals surface area (Å²) in [6, 6.07) is 10.2. The first-order valence-electron chi connectivity index (χ1n) is 7.58. The van der Waals surface area contributed by atoms with Crippen LogP contribution >= 0.6 is 0 Å². The Hall–Kier alpha value is -2.04. The molecule has 0 saturated carbocycles. The topological polar surface area (TPSA) is 61.4 Å². The highest BCUT2D eigenvalue weighted by molar-refractivity contribution is 5.77. The molecule has 0 radical (unpaired) electrons. The first-order chi connectivity index (χ1) is 10.2. The van der Waals surface area contributed by atoms with Crippen LogP contribution in [0.3, 0.4) is 0 Å². The van der Waals surface area contributed by atoms with Gasteiger partial charge in [0.05, 0.1) is 0 Å². The largest absolute Gasteiger partial charge is 0.353 e. The fourth-order valence-corrected chi connectivity index (χ4v) is 3.18. The number of nitrogens with one attached hydrogen (secondary N) is 2. The third-order valence-corrected chi connectivity index (χ3v) is 4.40. The van der Waals surface area contributed by atoms with Crippen LogP contribution in [0.4, 0.5) is 4.79 Å². The van der Waals surface area contributed by atoms with Gasteiger partial charge in [0, 0.05) is 32.1 Å². The number of carbonyl (C=O) groups is 2. The third-order valence-electron chi connectivity index (χ3n) is 4.40. The number of hydrogen-bond acceptors (Lipinski definition) is 2. The van der Waals surface area contributed by atoms with Crippen molar-refractivity contribution >= 4 is 11.9 Å². The van der Waals surface area contributed by atoms with E-state index in [1.54, 1.807) is 0 Å². The number of piperidine rings is 2. The van der Waals surface area contributed by atoms with Crippen molar-refractivity contribution in [1.29, 1.82) is 0 Å². The summed E-state index contributed by atoms with van der Waals surface area (Å²) in [4.78, 5) is 25.5. The van der Waals surface area contributed by atoms with E-state index in [0.717, 1.165) is 24.9 Å². The molecule has 5 heteroatoms. The molecule has 0 bridgehead atoms. The van der Waals surface area contributed by atoms with Gasteiger partial charge in [-0.1, -0.05) is 30.3 Å². The van der Waals surface area contributed by atoms with Gasteiger partial charge < -0.3 is 15.5 Å². The molecule has 2 heterocycles. The van der Waals surface area contributed by atoms with Gasteiger partial charge in [-0.05, 0) is 24.3 Å². The second-order valence-electron chi connectivity index (χ2n) is 5.85. The number of carbonyl (C=O) groups excluding carboxylic acids is 2. The molecule has 2 aliphatic heterocycles. The zero-order chi connectivity index (χ0) is 14.7. The van der Waals surface area contributed by atoms with Crippen LogP contribution in [0.15, 0.2) is 30.3 Å². The van der Waals surface area contributed by atoms with E-state index < -0.39 is 0 Å². The van der Waals surface area contributed by atoms with E-state index in [9.17, 15) is 9.59 Å². The Morgan fingerprint density at radius 2 is 2.10 bits per heavy atom. The van der Waals surface area contributed by atoms with Crippen LogP contribution in [0.5, 0.6) is 0 Å². The Morgan fingerprint density at radius 1 is 1.29 bits per heavy atom. The fourth-order valence-electron chi connectivity index (χ4n) is 3.18. The lowest BCUT2D eigenvalue weighted by atomic mass is 9.85. The molecule has 0 spiro atoms.